The smallest absolute Gasteiger partial charge is 0.231 e. The van der Waals surface area contributed by atoms with Gasteiger partial charge in [-0.15, -0.1) is 0 Å². The molecule has 0 spiro atoms. The summed E-state index contributed by atoms with van der Waals surface area (Å²) in [7, 11) is 0. The fraction of sp³-hybridized carbons (Fsp3) is 0.0909. The van der Waals surface area contributed by atoms with Crippen LogP contribution in [0, 0.1) is 0 Å². The minimum atomic E-state index is 0.239. The van der Waals surface area contributed by atoms with Crippen LogP contribution in [0.3, 0.4) is 0 Å². The molecule has 0 saturated heterocycles. The average molecular weight is 383 g/mol. The second-order valence-electron chi connectivity index (χ2n) is 6.47. The van der Waals surface area contributed by atoms with E-state index in [2.05, 4.69) is 20.3 Å². The first-order chi connectivity index (χ1) is 14.4. The molecule has 1 aliphatic heterocycles. The highest BCUT2D eigenvalue weighted by atomic mass is 16.7. The predicted molar refractivity (Wildman–Crippen MR) is 108 cm³/mol. The Morgan fingerprint density at radius 2 is 1.76 bits per heavy atom. The molecule has 0 fully saturated rings. The SMILES string of the molecule is c1cncc(-c2nc(NCc3ccncc3)ncc2-c2ccc3c(c2)OCO3)c1. The lowest BCUT2D eigenvalue weighted by Crippen LogP contribution is -2.05. The van der Waals surface area contributed by atoms with Gasteiger partial charge in [-0.1, -0.05) is 6.07 Å². The predicted octanol–water partition coefficient (Wildman–Crippen LogP) is 3.94. The third-order valence-corrected chi connectivity index (χ3v) is 4.61. The molecule has 5 rings (SSSR count). The van der Waals surface area contributed by atoms with Gasteiger partial charge >= 0.3 is 0 Å². The van der Waals surface area contributed by atoms with Crippen molar-refractivity contribution in [2.75, 3.05) is 12.1 Å². The van der Waals surface area contributed by atoms with Crippen molar-refractivity contribution >= 4 is 5.95 Å². The fourth-order valence-corrected chi connectivity index (χ4v) is 3.15. The largest absolute Gasteiger partial charge is 0.454 e. The van der Waals surface area contributed by atoms with Gasteiger partial charge in [0.15, 0.2) is 11.5 Å². The summed E-state index contributed by atoms with van der Waals surface area (Å²) in [5.74, 6) is 2.01. The molecule has 7 nitrogen and oxygen atoms in total. The van der Waals surface area contributed by atoms with Crippen molar-refractivity contribution in [1.82, 2.24) is 19.9 Å². The van der Waals surface area contributed by atoms with Crippen LogP contribution in [0.15, 0.2) is 73.4 Å². The molecule has 0 unspecified atom stereocenters. The number of fused-ring (bicyclic) bond motifs is 1. The molecule has 1 N–H and O–H groups in total. The van der Waals surface area contributed by atoms with Crippen molar-refractivity contribution in [3.05, 3.63) is 79.0 Å². The third kappa shape index (κ3) is 3.58. The summed E-state index contributed by atoms with van der Waals surface area (Å²) in [4.78, 5) is 17.6. The van der Waals surface area contributed by atoms with Crippen molar-refractivity contribution in [1.29, 1.82) is 0 Å². The van der Waals surface area contributed by atoms with E-state index in [9.17, 15) is 0 Å². The lowest BCUT2D eigenvalue weighted by Gasteiger charge is -2.12. The number of ether oxygens (including phenoxy) is 2. The zero-order valence-corrected chi connectivity index (χ0v) is 15.4. The van der Waals surface area contributed by atoms with Gasteiger partial charge in [0, 0.05) is 48.7 Å². The van der Waals surface area contributed by atoms with Gasteiger partial charge in [-0.2, -0.15) is 0 Å². The molecule has 1 aliphatic rings. The monoisotopic (exact) mass is 383 g/mol. The van der Waals surface area contributed by atoms with Crippen molar-refractivity contribution in [3.8, 4) is 33.9 Å². The Bertz CT molecular complexity index is 1140. The highest BCUT2D eigenvalue weighted by Crippen LogP contribution is 2.38. The molecule has 7 heteroatoms. The van der Waals surface area contributed by atoms with Crippen LogP contribution in [0.25, 0.3) is 22.4 Å². The maximum absolute atomic E-state index is 5.52. The van der Waals surface area contributed by atoms with Crippen molar-refractivity contribution < 1.29 is 9.47 Å². The van der Waals surface area contributed by atoms with Crippen molar-refractivity contribution in [3.63, 3.8) is 0 Å². The molecule has 29 heavy (non-hydrogen) atoms. The van der Waals surface area contributed by atoms with Gasteiger partial charge in [-0.3, -0.25) is 9.97 Å². The summed E-state index contributed by atoms with van der Waals surface area (Å²) >= 11 is 0. The summed E-state index contributed by atoms with van der Waals surface area (Å²) in [6, 6.07) is 13.6. The molecule has 0 radical (unpaired) electrons. The Morgan fingerprint density at radius 1 is 0.862 bits per heavy atom. The lowest BCUT2D eigenvalue weighted by molar-refractivity contribution is 0.174. The summed E-state index contributed by atoms with van der Waals surface area (Å²) < 4.78 is 10.9. The Morgan fingerprint density at radius 3 is 2.62 bits per heavy atom. The number of aromatic nitrogens is 4. The second-order valence-corrected chi connectivity index (χ2v) is 6.47. The van der Waals surface area contributed by atoms with E-state index in [4.69, 9.17) is 14.5 Å². The third-order valence-electron chi connectivity index (χ3n) is 4.61. The first-order valence-electron chi connectivity index (χ1n) is 9.17. The topological polar surface area (TPSA) is 82.1 Å². The van der Waals surface area contributed by atoms with Crippen LogP contribution in [-0.4, -0.2) is 26.7 Å². The number of rotatable bonds is 5. The molecule has 0 bridgehead atoms. The summed E-state index contributed by atoms with van der Waals surface area (Å²) in [5, 5.41) is 3.28. The number of benzene rings is 1. The van der Waals surface area contributed by atoms with Gasteiger partial charge in [0.05, 0.1) is 5.69 Å². The first kappa shape index (κ1) is 17.1. The molecule has 0 atom stereocenters. The van der Waals surface area contributed by atoms with E-state index in [1.807, 2.05) is 48.7 Å². The zero-order chi connectivity index (χ0) is 19.5. The van der Waals surface area contributed by atoms with Gasteiger partial charge < -0.3 is 14.8 Å². The van der Waals surface area contributed by atoms with E-state index in [1.165, 1.54) is 0 Å². The zero-order valence-electron chi connectivity index (χ0n) is 15.4. The Balaban J connectivity index is 1.52. The van der Waals surface area contributed by atoms with E-state index in [-0.39, 0.29) is 6.79 Å². The molecule has 142 valence electrons. The maximum atomic E-state index is 5.52. The van der Waals surface area contributed by atoms with E-state index in [0.29, 0.717) is 12.5 Å². The number of hydrogen-bond acceptors (Lipinski definition) is 7. The summed E-state index contributed by atoms with van der Waals surface area (Å²) in [5.41, 5.74) is 4.66. The highest BCUT2D eigenvalue weighted by Gasteiger charge is 2.17. The molecule has 0 saturated carbocycles. The minimum Gasteiger partial charge on any atom is -0.454 e. The van der Waals surface area contributed by atoms with Gasteiger partial charge in [0.2, 0.25) is 12.7 Å². The normalized spacial score (nSPS) is 12.0. The second kappa shape index (κ2) is 7.55. The van der Waals surface area contributed by atoms with E-state index in [1.54, 1.807) is 24.8 Å². The van der Waals surface area contributed by atoms with Crippen LogP contribution in [-0.2, 0) is 6.54 Å². The van der Waals surface area contributed by atoms with Crippen molar-refractivity contribution in [2.45, 2.75) is 6.54 Å². The Labute approximate surface area is 167 Å². The Kier molecular flexibility index (Phi) is 4.46. The lowest BCUT2D eigenvalue weighted by atomic mass is 10.0. The van der Waals surface area contributed by atoms with Crippen molar-refractivity contribution in [2.24, 2.45) is 0 Å². The van der Waals surface area contributed by atoms with Crippen LogP contribution in [0.2, 0.25) is 0 Å². The van der Waals surface area contributed by atoms with Gasteiger partial charge in [0.25, 0.3) is 0 Å². The highest BCUT2D eigenvalue weighted by molar-refractivity contribution is 5.81. The summed E-state index contributed by atoms with van der Waals surface area (Å²) in [6.45, 7) is 0.848. The number of nitrogens with zero attached hydrogens (tertiary/aromatic N) is 4. The first-order valence-corrected chi connectivity index (χ1v) is 9.17. The van der Waals surface area contributed by atoms with Crippen LogP contribution in [0.5, 0.6) is 11.5 Å². The maximum Gasteiger partial charge on any atom is 0.231 e. The quantitative estimate of drug-likeness (QED) is 0.559. The molecule has 0 amide bonds. The Hall–Kier alpha value is -4.00. The van der Waals surface area contributed by atoms with Crippen LogP contribution in [0.1, 0.15) is 5.56 Å². The molecule has 1 aromatic carbocycles. The number of anilines is 1. The number of pyridine rings is 2. The standard InChI is InChI=1S/C22H17N5O2/c1-2-17(12-24-7-1)21-18(16-3-4-19-20(10-16)29-14-28-19)13-26-22(27-21)25-11-15-5-8-23-9-6-15/h1-10,12-13H,11,14H2,(H,25,26,27). The molecular weight excluding hydrogens is 366 g/mol. The number of nitrogens with one attached hydrogen (secondary N) is 1. The molecule has 3 aromatic heterocycles. The molecule has 0 aliphatic carbocycles. The minimum absolute atomic E-state index is 0.239. The number of hydrogen-bond donors (Lipinski definition) is 1. The van der Waals surface area contributed by atoms with Crippen LogP contribution in [0.4, 0.5) is 5.95 Å². The van der Waals surface area contributed by atoms with Crippen LogP contribution < -0.4 is 14.8 Å². The van der Waals surface area contributed by atoms with Gasteiger partial charge in [-0.25, -0.2) is 9.97 Å². The molecule has 4 heterocycles. The van der Waals surface area contributed by atoms with E-state index < -0.39 is 0 Å². The van der Waals surface area contributed by atoms with E-state index >= 15 is 0 Å². The summed E-state index contributed by atoms with van der Waals surface area (Å²) in [6.07, 6.45) is 8.89. The molecular formula is C22H17N5O2. The fourth-order valence-electron chi connectivity index (χ4n) is 3.15. The van der Waals surface area contributed by atoms with Crippen LogP contribution >= 0.6 is 0 Å². The van der Waals surface area contributed by atoms with Gasteiger partial charge in [-0.05, 0) is 47.5 Å². The van der Waals surface area contributed by atoms with Gasteiger partial charge in [0.1, 0.15) is 0 Å². The average Bonchev–Trinajstić information content (AvgIpc) is 3.27. The molecule has 4 aromatic rings. The van der Waals surface area contributed by atoms with E-state index in [0.717, 1.165) is 39.4 Å².